The first-order valence-corrected chi connectivity index (χ1v) is 6.38. The summed E-state index contributed by atoms with van der Waals surface area (Å²) < 4.78 is 5.37. The Morgan fingerprint density at radius 3 is 2.74 bits per heavy atom. The van der Waals surface area contributed by atoms with Gasteiger partial charge in [-0.25, -0.2) is 4.79 Å². The largest absolute Gasteiger partial charge is 0.443 e. The van der Waals surface area contributed by atoms with Crippen molar-refractivity contribution in [2.24, 2.45) is 0 Å². The molecule has 1 heterocycles. The molecule has 1 amide bonds. The van der Waals surface area contributed by atoms with Crippen molar-refractivity contribution in [2.45, 2.75) is 32.3 Å². The number of anilines is 1. The predicted molar refractivity (Wildman–Crippen MR) is 77.0 cm³/mol. The SMILES string of the molecule is Bc1ccc2c(c1)C(C=O)CN2C(=O)OC(C)(C)C. The maximum absolute atomic E-state index is 12.2. The quantitative estimate of drug-likeness (QED) is 0.558. The number of fused-ring (bicyclic) bond motifs is 1. The van der Waals surface area contributed by atoms with Gasteiger partial charge in [0.05, 0.1) is 11.6 Å². The van der Waals surface area contributed by atoms with E-state index in [0.717, 1.165) is 23.0 Å². The lowest BCUT2D eigenvalue weighted by molar-refractivity contribution is -0.108. The van der Waals surface area contributed by atoms with Crippen LogP contribution in [0.2, 0.25) is 0 Å². The average molecular weight is 259 g/mol. The Morgan fingerprint density at radius 1 is 1.47 bits per heavy atom. The minimum Gasteiger partial charge on any atom is -0.443 e. The summed E-state index contributed by atoms with van der Waals surface area (Å²) in [5.74, 6) is -0.262. The van der Waals surface area contributed by atoms with Gasteiger partial charge in [-0.05, 0) is 32.4 Å². The molecule has 0 aliphatic carbocycles. The van der Waals surface area contributed by atoms with Crippen LogP contribution in [0.15, 0.2) is 18.2 Å². The summed E-state index contributed by atoms with van der Waals surface area (Å²) in [4.78, 5) is 24.9. The van der Waals surface area contributed by atoms with E-state index in [9.17, 15) is 9.59 Å². The summed E-state index contributed by atoms with van der Waals surface area (Å²) in [5, 5.41) is 0. The molecule has 0 saturated heterocycles. The highest BCUT2D eigenvalue weighted by Gasteiger charge is 2.34. The first-order chi connectivity index (χ1) is 8.81. The molecule has 1 aliphatic rings. The van der Waals surface area contributed by atoms with Crippen LogP contribution in [0.4, 0.5) is 10.5 Å². The first-order valence-electron chi connectivity index (χ1n) is 6.38. The number of aldehydes is 1. The highest BCUT2D eigenvalue weighted by molar-refractivity contribution is 6.32. The van der Waals surface area contributed by atoms with E-state index < -0.39 is 11.7 Å². The Hall–Kier alpha value is -1.78. The Balaban J connectivity index is 2.32. The van der Waals surface area contributed by atoms with Crippen molar-refractivity contribution < 1.29 is 14.3 Å². The lowest BCUT2D eigenvalue weighted by Gasteiger charge is -2.24. The molecule has 1 aromatic carbocycles. The number of carbonyl (C=O) groups excluding carboxylic acids is 2. The van der Waals surface area contributed by atoms with E-state index in [1.54, 1.807) is 4.90 Å². The first kappa shape index (κ1) is 13.7. The van der Waals surface area contributed by atoms with Gasteiger partial charge in [-0.1, -0.05) is 17.6 Å². The number of carbonyl (C=O) groups is 2. The summed E-state index contributed by atoms with van der Waals surface area (Å²) in [6.45, 7) is 5.84. The highest BCUT2D eigenvalue weighted by Crippen LogP contribution is 2.35. The van der Waals surface area contributed by atoms with Crippen LogP contribution in [0, 0.1) is 0 Å². The average Bonchev–Trinajstić information content (AvgIpc) is 2.64. The number of rotatable bonds is 1. The van der Waals surface area contributed by atoms with Gasteiger partial charge in [0.2, 0.25) is 0 Å². The molecular weight excluding hydrogens is 241 g/mol. The Morgan fingerprint density at radius 2 is 2.16 bits per heavy atom. The number of hydrogen-bond donors (Lipinski definition) is 0. The molecular formula is C14H18BNO3. The molecule has 0 spiro atoms. The molecule has 100 valence electrons. The van der Waals surface area contributed by atoms with Gasteiger partial charge in [-0.15, -0.1) is 0 Å². The van der Waals surface area contributed by atoms with Gasteiger partial charge in [-0.3, -0.25) is 4.90 Å². The van der Waals surface area contributed by atoms with Crippen LogP contribution in [0.1, 0.15) is 32.3 Å². The third-order valence-corrected chi connectivity index (χ3v) is 3.03. The molecule has 0 N–H and O–H groups in total. The van der Waals surface area contributed by atoms with Crippen molar-refractivity contribution in [3.05, 3.63) is 23.8 Å². The summed E-state index contributed by atoms with van der Waals surface area (Å²) in [6.07, 6.45) is 0.491. The number of hydrogen-bond acceptors (Lipinski definition) is 3. The minimum atomic E-state index is -0.540. The summed E-state index contributed by atoms with van der Waals surface area (Å²) in [6, 6.07) is 5.76. The summed E-state index contributed by atoms with van der Waals surface area (Å²) >= 11 is 0. The molecule has 5 heteroatoms. The van der Waals surface area contributed by atoms with Crippen LogP contribution < -0.4 is 10.4 Å². The molecule has 0 radical (unpaired) electrons. The van der Waals surface area contributed by atoms with Gasteiger partial charge in [-0.2, -0.15) is 0 Å². The second-order valence-corrected chi connectivity index (χ2v) is 5.90. The zero-order valence-electron chi connectivity index (χ0n) is 11.8. The van der Waals surface area contributed by atoms with E-state index in [-0.39, 0.29) is 5.92 Å². The zero-order valence-corrected chi connectivity index (χ0v) is 11.8. The smallest absolute Gasteiger partial charge is 0.414 e. The summed E-state index contributed by atoms with van der Waals surface area (Å²) in [5.41, 5.74) is 2.22. The van der Waals surface area contributed by atoms with E-state index in [1.807, 2.05) is 46.8 Å². The molecule has 1 atom stereocenters. The summed E-state index contributed by atoms with van der Waals surface area (Å²) in [7, 11) is 1.97. The molecule has 2 rings (SSSR count). The monoisotopic (exact) mass is 259 g/mol. The molecule has 1 aromatic rings. The van der Waals surface area contributed by atoms with Crippen molar-refractivity contribution in [1.82, 2.24) is 0 Å². The topological polar surface area (TPSA) is 46.6 Å². The maximum atomic E-state index is 12.2. The Bertz CT molecular complexity index is 522. The molecule has 4 nitrogen and oxygen atoms in total. The van der Waals surface area contributed by atoms with Crippen molar-refractivity contribution in [1.29, 1.82) is 0 Å². The second-order valence-electron chi connectivity index (χ2n) is 5.90. The van der Waals surface area contributed by atoms with Gasteiger partial charge in [0.1, 0.15) is 19.7 Å². The lowest BCUT2D eigenvalue weighted by atomic mass is 9.91. The van der Waals surface area contributed by atoms with Crippen molar-refractivity contribution in [3.8, 4) is 0 Å². The van der Waals surface area contributed by atoms with Crippen LogP contribution >= 0.6 is 0 Å². The van der Waals surface area contributed by atoms with E-state index in [1.165, 1.54) is 0 Å². The zero-order chi connectivity index (χ0) is 14.2. The normalized spacial score (nSPS) is 18.1. The van der Waals surface area contributed by atoms with Gasteiger partial charge in [0, 0.05) is 6.54 Å². The Kier molecular flexibility index (Phi) is 3.39. The molecule has 1 aliphatic heterocycles. The number of nitrogens with zero attached hydrogens (tertiary/aromatic N) is 1. The fraction of sp³-hybridized carbons (Fsp3) is 0.429. The molecule has 0 aromatic heterocycles. The third-order valence-electron chi connectivity index (χ3n) is 3.03. The molecule has 0 fully saturated rings. The van der Waals surface area contributed by atoms with E-state index in [2.05, 4.69) is 0 Å². The Labute approximate surface area is 114 Å². The van der Waals surface area contributed by atoms with E-state index in [4.69, 9.17) is 4.74 Å². The minimum absolute atomic E-state index is 0.262. The van der Waals surface area contributed by atoms with Crippen molar-refractivity contribution in [2.75, 3.05) is 11.4 Å². The predicted octanol–water partition coefficient (Wildman–Crippen LogP) is 0.983. The third kappa shape index (κ3) is 2.80. The lowest BCUT2D eigenvalue weighted by Crippen LogP contribution is -2.36. The van der Waals surface area contributed by atoms with Crippen molar-refractivity contribution in [3.63, 3.8) is 0 Å². The molecule has 19 heavy (non-hydrogen) atoms. The van der Waals surface area contributed by atoms with Crippen LogP contribution in [-0.4, -0.2) is 32.4 Å². The number of ether oxygens (including phenoxy) is 1. The van der Waals surface area contributed by atoms with Gasteiger partial charge in [0.25, 0.3) is 0 Å². The number of amides is 1. The molecule has 1 unspecified atom stereocenters. The van der Waals surface area contributed by atoms with Gasteiger partial charge < -0.3 is 9.53 Å². The van der Waals surface area contributed by atoms with Gasteiger partial charge in [0.15, 0.2) is 0 Å². The fourth-order valence-corrected chi connectivity index (χ4v) is 2.22. The fourth-order valence-electron chi connectivity index (χ4n) is 2.22. The van der Waals surface area contributed by atoms with Crippen LogP contribution in [0.3, 0.4) is 0 Å². The van der Waals surface area contributed by atoms with Crippen LogP contribution in [0.25, 0.3) is 0 Å². The maximum Gasteiger partial charge on any atom is 0.414 e. The number of benzene rings is 1. The standard InChI is InChI=1S/C14H18BNO3/c1-14(2,3)19-13(18)16-7-9(8-17)11-6-10(15)4-5-12(11)16/h4-6,8-9H,7,15H2,1-3H3. The van der Waals surface area contributed by atoms with Crippen LogP contribution in [0.5, 0.6) is 0 Å². The van der Waals surface area contributed by atoms with Gasteiger partial charge >= 0.3 is 6.09 Å². The van der Waals surface area contributed by atoms with Crippen molar-refractivity contribution >= 4 is 31.4 Å². The van der Waals surface area contributed by atoms with E-state index >= 15 is 0 Å². The highest BCUT2D eigenvalue weighted by atomic mass is 16.6. The second kappa shape index (κ2) is 4.72. The molecule has 0 saturated carbocycles. The molecule has 0 bridgehead atoms. The van der Waals surface area contributed by atoms with Crippen LogP contribution in [-0.2, 0) is 9.53 Å². The van der Waals surface area contributed by atoms with E-state index in [0.29, 0.717) is 6.54 Å².